The number of nitrogens with two attached hydrogens (primary N) is 1. The fourth-order valence-corrected chi connectivity index (χ4v) is 1.56. The molecule has 0 amide bonds. The average molecular weight is 382 g/mol. The molecule has 0 fully saturated rings. The standard InChI is InChI=1S/C10H15N3.C6H15N.CH3.Y/c1-3-7(2)9(12)10-8(11)5-4-6-13-10;1-3-5-7-6-4-2;;/h4-7,12H,3,11H2,1-2H3;7H,3-6H2,1-2H3;1H3;/q;;-1;. The van der Waals surface area contributed by atoms with Crippen molar-refractivity contribution in [2.24, 2.45) is 5.92 Å². The van der Waals surface area contributed by atoms with Gasteiger partial charge in [0.25, 0.3) is 0 Å². The maximum absolute atomic E-state index is 7.83. The average Bonchev–Trinajstić information content (AvgIpc) is 2.47. The van der Waals surface area contributed by atoms with Gasteiger partial charge in [0.05, 0.1) is 11.4 Å². The predicted octanol–water partition coefficient (Wildman–Crippen LogP) is 3.92. The van der Waals surface area contributed by atoms with Gasteiger partial charge in [-0.05, 0) is 50.4 Å². The van der Waals surface area contributed by atoms with Crippen LogP contribution >= 0.6 is 0 Å². The summed E-state index contributed by atoms with van der Waals surface area (Å²) in [6, 6.07) is 3.56. The number of nitrogens with zero attached hydrogens (tertiary/aromatic N) is 1. The van der Waals surface area contributed by atoms with Crippen LogP contribution < -0.4 is 11.1 Å². The second kappa shape index (κ2) is 17.0. The number of pyridine rings is 1. The number of hydrogen-bond acceptors (Lipinski definition) is 4. The van der Waals surface area contributed by atoms with Crippen LogP contribution in [0.4, 0.5) is 5.69 Å². The summed E-state index contributed by atoms with van der Waals surface area (Å²) in [5.74, 6) is 0.220. The monoisotopic (exact) mass is 382 g/mol. The van der Waals surface area contributed by atoms with Crippen LogP contribution in [0.2, 0.25) is 0 Å². The molecule has 4 N–H and O–H groups in total. The van der Waals surface area contributed by atoms with Gasteiger partial charge in [0.2, 0.25) is 0 Å². The number of aromatic nitrogens is 1. The van der Waals surface area contributed by atoms with Gasteiger partial charge >= 0.3 is 0 Å². The normalized spacial score (nSPS) is 10.4. The first-order chi connectivity index (χ1) is 9.58. The molecular formula is C17H33N4Y-. The van der Waals surface area contributed by atoms with E-state index in [2.05, 4.69) is 31.1 Å². The summed E-state index contributed by atoms with van der Waals surface area (Å²) in [6.07, 6.45) is 5.11. The van der Waals surface area contributed by atoms with Gasteiger partial charge < -0.3 is 23.9 Å². The number of hydrogen-bond donors (Lipinski definition) is 3. The van der Waals surface area contributed by atoms with Crippen LogP contribution in [0.15, 0.2) is 18.3 Å². The van der Waals surface area contributed by atoms with Crippen LogP contribution in [0.3, 0.4) is 0 Å². The fraction of sp³-hybridized carbons (Fsp3) is 0.588. The van der Waals surface area contributed by atoms with Crippen LogP contribution in [0, 0.1) is 18.8 Å². The van der Waals surface area contributed by atoms with Crippen LogP contribution in [0.25, 0.3) is 0 Å². The molecule has 0 aromatic carbocycles. The van der Waals surface area contributed by atoms with E-state index in [0.29, 0.717) is 17.1 Å². The molecule has 1 rings (SSSR count). The zero-order chi connectivity index (χ0) is 15.4. The first kappa shape index (κ1) is 26.6. The molecule has 1 aromatic rings. The molecule has 0 aliphatic rings. The van der Waals surface area contributed by atoms with Crippen molar-refractivity contribution in [2.45, 2.75) is 47.0 Å². The van der Waals surface area contributed by atoms with Gasteiger partial charge in [0.15, 0.2) is 0 Å². The summed E-state index contributed by atoms with van der Waals surface area (Å²) in [6.45, 7) is 10.8. The van der Waals surface area contributed by atoms with Crippen molar-refractivity contribution in [3.8, 4) is 0 Å². The van der Waals surface area contributed by atoms with Crippen molar-refractivity contribution < 1.29 is 32.7 Å². The second-order valence-electron chi connectivity index (χ2n) is 4.91. The third-order valence-corrected chi connectivity index (χ3v) is 3.05. The van der Waals surface area contributed by atoms with Crippen molar-refractivity contribution in [2.75, 3.05) is 18.8 Å². The second-order valence-corrected chi connectivity index (χ2v) is 4.91. The van der Waals surface area contributed by atoms with Gasteiger partial charge in [0, 0.05) is 38.9 Å². The maximum Gasteiger partial charge on any atom is 0.107 e. The largest absolute Gasteiger partial charge is 0.397 e. The van der Waals surface area contributed by atoms with Crippen LogP contribution in [0.5, 0.6) is 0 Å². The third-order valence-electron chi connectivity index (χ3n) is 3.05. The van der Waals surface area contributed by atoms with Gasteiger partial charge in [-0.3, -0.25) is 4.98 Å². The molecule has 0 aliphatic carbocycles. The Balaban J connectivity index is -0.000000350. The summed E-state index contributed by atoms with van der Waals surface area (Å²) in [5, 5.41) is 11.1. The summed E-state index contributed by atoms with van der Waals surface area (Å²) in [7, 11) is 0. The van der Waals surface area contributed by atoms with E-state index in [1.807, 2.05) is 6.92 Å². The molecule has 1 radical (unpaired) electrons. The minimum absolute atomic E-state index is 0. The van der Waals surface area contributed by atoms with E-state index in [1.54, 1.807) is 18.3 Å². The Morgan fingerprint density at radius 3 is 2.23 bits per heavy atom. The minimum Gasteiger partial charge on any atom is -0.397 e. The van der Waals surface area contributed by atoms with Crippen LogP contribution in [-0.2, 0) is 32.7 Å². The molecule has 125 valence electrons. The van der Waals surface area contributed by atoms with Crippen molar-refractivity contribution >= 4 is 11.4 Å². The molecule has 5 heteroatoms. The zero-order valence-corrected chi connectivity index (χ0v) is 17.8. The van der Waals surface area contributed by atoms with Gasteiger partial charge in [-0.25, -0.2) is 0 Å². The Bertz CT molecular complexity index is 379. The Hall–Kier alpha value is -0.316. The molecule has 1 atom stereocenters. The summed E-state index contributed by atoms with van der Waals surface area (Å²) in [5.41, 5.74) is 7.45. The molecule has 4 nitrogen and oxygen atoms in total. The molecule has 0 aliphatic heterocycles. The number of rotatable bonds is 7. The van der Waals surface area contributed by atoms with Crippen LogP contribution in [0.1, 0.15) is 52.7 Å². The minimum atomic E-state index is 0. The van der Waals surface area contributed by atoms with Crippen LogP contribution in [-0.4, -0.2) is 23.8 Å². The molecule has 22 heavy (non-hydrogen) atoms. The molecule has 0 saturated carbocycles. The fourth-order valence-electron chi connectivity index (χ4n) is 1.56. The SMILES string of the molecule is CCC(C)C(=N)c1ncccc1N.CCCNCCC.[CH3-].[Y]. The van der Waals surface area contributed by atoms with Gasteiger partial charge in [-0.2, -0.15) is 0 Å². The van der Waals surface area contributed by atoms with Crippen molar-refractivity contribution in [3.63, 3.8) is 0 Å². The Kier molecular flexibility index (Phi) is 20.6. The van der Waals surface area contributed by atoms with Gasteiger partial charge in [-0.1, -0.05) is 27.7 Å². The van der Waals surface area contributed by atoms with E-state index in [-0.39, 0.29) is 46.1 Å². The summed E-state index contributed by atoms with van der Waals surface area (Å²) >= 11 is 0. The van der Waals surface area contributed by atoms with E-state index in [0.717, 1.165) is 6.42 Å². The molecule has 1 unspecified atom stereocenters. The molecule has 1 aromatic heterocycles. The van der Waals surface area contributed by atoms with Crippen molar-refractivity contribution in [1.29, 1.82) is 5.41 Å². The molecule has 1 heterocycles. The number of anilines is 1. The van der Waals surface area contributed by atoms with Crippen molar-refractivity contribution in [1.82, 2.24) is 10.3 Å². The first-order valence-electron chi connectivity index (χ1n) is 7.58. The summed E-state index contributed by atoms with van der Waals surface area (Å²) in [4.78, 5) is 4.10. The maximum atomic E-state index is 7.83. The quantitative estimate of drug-likeness (QED) is 0.380. The Morgan fingerprint density at radius 2 is 1.82 bits per heavy atom. The van der Waals surface area contributed by atoms with E-state index >= 15 is 0 Å². The zero-order valence-electron chi connectivity index (χ0n) is 14.9. The number of nitrogen functional groups attached to an aromatic ring is 1. The molecule has 0 saturated heterocycles. The topological polar surface area (TPSA) is 74.8 Å². The number of nitrogens with one attached hydrogen (secondary N) is 2. The smallest absolute Gasteiger partial charge is 0.107 e. The Morgan fingerprint density at radius 1 is 1.27 bits per heavy atom. The van der Waals surface area contributed by atoms with Gasteiger partial charge in [0.1, 0.15) is 5.69 Å². The Labute approximate surface area is 162 Å². The summed E-state index contributed by atoms with van der Waals surface area (Å²) < 4.78 is 0. The van der Waals surface area contributed by atoms with E-state index in [9.17, 15) is 0 Å². The van der Waals surface area contributed by atoms with E-state index in [1.165, 1.54) is 25.9 Å². The van der Waals surface area contributed by atoms with Gasteiger partial charge in [-0.15, -0.1) is 0 Å². The molecular weight excluding hydrogens is 349 g/mol. The first-order valence-corrected chi connectivity index (χ1v) is 7.58. The van der Waals surface area contributed by atoms with E-state index < -0.39 is 0 Å². The molecule has 0 bridgehead atoms. The third kappa shape index (κ3) is 11.3. The van der Waals surface area contributed by atoms with Crippen molar-refractivity contribution in [3.05, 3.63) is 31.5 Å². The van der Waals surface area contributed by atoms with E-state index in [4.69, 9.17) is 11.1 Å². The molecule has 0 spiro atoms. The predicted molar refractivity (Wildman–Crippen MR) is 94.8 cm³/mol.